The van der Waals surface area contributed by atoms with Crippen LogP contribution in [-0.2, 0) is 14.8 Å². The van der Waals surface area contributed by atoms with Gasteiger partial charge in [0.05, 0.1) is 5.25 Å². The Hall–Kier alpha value is -0.660. The predicted molar refractivity (Wildman–Crippen MR) is 84.6 cm³/mol. The number of carbonyl (C=O) groups is 1. The van der Waals surface area contributed by atoms with Gasteiger partial charge >= 0.3 is 0 Å². The summed E-state index contributed by atoms with van der Waals surface area (Å²) in [4.78, 5) is 12.4. The molecule has 0 aromatic carbocycles. The van der Waals surface area contributed by atoms with Crippen LogP contribution < -0.4 is 11.1 Å². The molecule has 0 unspecified atom stereocenters. The van der Waals surface area contributed by atoms with Crippen LogP contribution in [0.5, 0.6) is 0 Å². The average Bonchev–Trinajstić information content (AvgIpc) is 3.26. The molecule has 0 radical (unpaired) electrons. The van der Waals surface area contributed by atoms with E-state index >= 15 is 0 Å². The smallest absolute Gasteiger partial charge is 0.223 e. The molecule has 3 rings (SSSR count). The van der Waals surface area contributed by atoms with Gasteiger partial charge in [0.15, 0.2) is 0 Å². The molecule has 0 aromatic rings. The highest BCUT2D eigenvalue weighted by Gasteiger charge is 2.41. The number of carbonyl (C=O) groups excluding carboxylic acids is 1. The number of nitrogens with two attached hydrogens (primary N) is 1. The van der Waals surface area contributed by atoms with Crippen LogP contribution in [0.2, 0.25) is 0 Å². The topological polar surface area (TPSA) is 92.5 Å². The van der Waals surface area contributed by atoms with Gasteiger partial charge in [-0.1, -0.05) is 6.42 Å². The number of hydrogen-bond donors (Lipinski definition) is 2. The third-order valence-corrected chi connectivity index (χ3v) is 7.80. The molecule has 2 saturated carbocycles. The van der Waals surface area contributed by atoms with Crippen molar-refractivity contribution in [3.8, 4) is 0 Å². The molecule has 1 amide bonds. The van der Waals surface area contributed by atoms with E-state index in [0.29, 0.717) is 25.6 Å². The summed E-state index contributed by atoms with van der Waals surface area (Å²) in [6.45, 7) is 1.65. The maximum Gasteiger partial charge on any atom is 0.223 e. The number of rotatable bonds is 5. The fraction of sp³-hybridized carbons (Fsp3) is 0.933. The van der Waals surface area contributed by atoms with E-state index in [1.165, 1.54) is 0 Å². The molecule has 2 aliphatic carbocycles. The number of piperidine rings is 1. The second-order valence-electron chi connectivity index (χ2n) is 6.96. The van der Waals surface area contributed by atoms with Crippen molar-refractivity contribution in [1.29, 1.82) is 0 Å². The summed E-state index contributed by atoms with van der Waals surface area (Å²) in [5.41, 5.74) is 5.74. The molecule has 3 fully saturated rings. The minimum atomic E-state index is -3.07. The summed E-state index contributed by atoms with van der Waals surface area (Å²) in [5.74, 6) is 0.491. The van der Waals surface area contributed by atoms with E-state index in [1.807, 2.05) is 0 Å². The molecule has 0 spiro atoms. The molecule has 22 heavy (non-hydrogen) atoms. The van der Waals surface area contributed by atoms with Gasteiger partial charge in [0.2, 0.25) is 15.9 Å². The van der Waals surface area contributed by atoms with Gasteiger partial charge in [-0.05, 0) is 51.0 Å². The summed E-state index contributed by atoms with van der Waals surface area (Å²) < 4.78 is 26.0. The fourth-order valence-corrected chi connectivity index (χ4v) is 5.68. The second kappa shape index (κ2) is 6.45. The molecule has 6 nitrogen and oxygen atoms in total. The Labute approximate surface area is 132 Å². The van der Waals surface area contributed by atoms with Gasteiger partial charge in [-0.2, -0.15) is 0 Å². The van der Waals surface area contributed by atoms with Crippen molar-refractivity contribution in [3.63, 3.8) is 0 Å². The molecule has 2 atom stereocenters. The number of sulfonamides is 1. The highest BCUT2D eigenvalue weighted by atomic mass is 32.2. The number of nitrogens with one attached hydrogen (secondary N) is 1. The highest BCUT2D eigenvalue weighted by molar-refractivity contribution is 7.90. The Balaban J connectivity index is 1.48. The monoisotopic (exact) mass is 329 g/mol. The van der Waals surface area contributed by atoms with Crippen molar-refractivity contribution in [2.75, 3.05) is 19.6 Å². The van der Waals surface area contributed by atoms with Crippen LogP contribution >= 0.6 is 0 Å². The van der Waals surface area contributed by atoms with Gasteiger partial charge in [0.25, 0.3) is 0 Å². The van der Waals surface area contributed by atoms with Crippen molar-refractivity contribution in [1.82, 2.24) is 9.62 Å². The molecule has 0 aromatic heterocycles. The number of amides is 1. The third-order valence-electron chi connectivity index (χ3n) is 5.40. The van der Waals surface area contributed by atoms with E-state index in [4.69, 9.17) is 5.73 Å². The first-order valence-electron chi connectivity index (χ1n) is 8.51. The Bertz CT molecular complexity index is 510. The Morgan fingerprint density at radius 1 is 1.09 bits per heavy atom. The first-order valence-corrected chi connectivity index (χ1v) is 10.0. The SMILES string of the molecule is NC[C@H]1CCC[C@H]1C(=O)NC1CCN(S(=O)(=O)C2CC2)CC1. The minimum Gasteiger partial charge on any atom is -0.353 e. The van der Waals surface area contributed by atoms with E-state index in [-0.39, 0.29) is 23.1 Å². The molecular weight excluding hydrogens is 302 g/mol. The van der Waals surface area contributed by atoms with Crippen LogP contribution in [0.4, 0.5) is 0 Å². The third kappa shape index (κ3) is 3.31. The van der Waals surface area contributed by atoms with E-state index in [9.17, 15) is 13.2 Å². The van der Waals surface area contributed by atoms with Crippen molar-refractivity contribution in [2.45, 2.75) is 56.2 Å². The van der Waals surface area contributed by atoms with Gasteiger partial charge in [0.1, 0.15) is 0 Å². The lowest BCUT2D eigenvalue weighted by atomic mass is 9.94. The van der Waals surface area contributed by atoms with Crippen LogP contribution in [-0.4, -0.2) is 49.6 Å². The number of hydrogen-bond acceptors (Lipinski definition) is 4. The Morgan fingerprint density at radius 3 is 2.36 bits per heavy atom. The maximum absolute atomic E-state index is 12.4. The molecule has 126 valence electrons. The van der Waals surface area contributed by atoms with Crippen molar-refractivity contribution >= 4 is 15.9 Å². The molecule has 7 heteroatoms. The van der Waals surface area contributed by atoms with Gasteiger partial charge in [-0.15, -0.1) is 0 Å². The van der Waals surface area contributed by atoms with Gasteiger partial charge in [0, 0.05) is 25.0 Å². The van der Waals surface area contributed by atoms with E-state index in [0.717, 1.165) is 44.9 Å². The van der Waals surface area contributed by atoms with Gasteiger partial charge in [-0.25, -0.2) is 12.7 Å². The van der Waals surface area contributed by atoms with Crippen molar-refractivity contribution in [2.24, 2.45) is 17.6 Å². The Morgan fingerprint density at radius 2 is 1.77 bits per heavy atom. The van der Waals surface area contributed by atoms with Crippen molar-refractivity contribution in [3.05, 3.63) is 0 Å². The van der Waals surface area contributed by atoms with Crippen molar-refractivity contribution < 1.29 is 13.2 Å². The molecule has 1 saturated heterocycles. The van der Waals surface area contributed by atoms with Crippen LogP contribution in [0.3, 0.4) is 0 Å². The van der Waals surface area contributed by atoms with Crippen LogP contribution in [0.1, 0.15) is 44.9 Å². The van der Waals surface area contributed by atoms with E-state index in [2.05, 4.69) is 5.32 Å². The van der Waals surface area contributed by atoms with Gasteiger partial charge < -0.3 is 11.1 Å². The highest BCUT2D eigenvalue weighted by Crippen LogP contribution is 2.33. The predicted octanol–water partition coefficient (Wildman–Crippen LogP) is 0.434. The molecule has 0 bridgehead atoms. The lowest BCUT2D eigenvalue weighted by Gasteiger charge is -2.32. The maximum atomic E-state index is 12.4. The molecular formula is C15H27N3O3S. The molecule has 3 aliphatic rings. The fourth-order valence-electron chi connectivity index (χ4n) is 3.80. The average molecular weight is 329 g/mol. The summed E-state index contributed by atoms with van der Waals surface area (Å²) in [6, 6.07) is 0.108. The lowest BCUT2D eigenvalue weighted by molar-refractivity contribution is -0.126. The Kier molecular flexibility index (Phi) is 4.75. The quantitative estimate of drug-likeness (QED) is 0.765. The summed E-state index contributed by atoms with van der Waals surface area (Å²) in [7, 11) is -3.07. The molecule has 3 N–H and O–H groups in total. The second-order valence-corrected chi connectivity index (χ2v) is 9.17. The molecule has 1 aliphatic heterocycles. The summed E-state index contributed by atoms with van der Waals surface area (Å²) in [6.07, 6.45) is 6.12. The number of nitrogens with zero attached hydrogens (tertiary/aromatic N) is 1. The molecule has 1 heterocycles. The van der Waals surface area contributed by atoms with Crippen LogP contribution in [0.15, 0.2) is 0 Å². The van der Waals surface area contributed by atoms with Gasteiger partial charge in [-0.3, -0.25) is 4.79 Å². The first kappa shape index (κ1) is 16.2. The van der Waals surface area contributed by atoms with Crippen LogP contribution in [0, 0.1) is 11.8 Å². The summed E-state index contributed by atoms with van der Waals surface area (Å²) in [5, 5.41) is 2.99. The van der Waals surface area contributed by atoms with E-state index < -0.39 is 10.0 Å². The zero-order chi connectivity index (χ0) is 15.7. The standard InChI is InChI=1S/C15H27N3O3S/c16-10-11-2-1-3-14(11)15(19)17-12-6-8-18(9-7-12)22(20,21)13-4-5-13/h11-14H,1-10,16H2,(H,17,19)/t11-,14-/m1/s1. The largest absolute Gasteiger partial charge is 0.353 e. The first-order chi connectivity index (χ1) is 10.5. The summed E-state index contributed by atoms with van der Waals surface area (Å²) >= 11 is 0. The normalized spacial score (nSPS) is 31.3. The zero-order valence-electron chi connectivity index (χ0n) is 13.0. The van der Waals surface area contributed by atoms with E-state index in [1.54, 1.807) is 4.31 Å². The lowest BCUT2D eigenvalue weighted by Crippen LogP contribution is -2.49. The van der Waals surface area contributed by atoms with Crippen LogP contribution in [0.25, 0.3) is 0 Å². The minimum absolute atomic E-state index is 0.0539. The zero-order valence-corrected chi connectivity index (χ0v) is 13.9.